The van der Waals surface area contributed by atoms with Crippen LogP contribution >= 0.6 is 11.6 Å². The summed E-state index contributed by atoms with van der Waals surface area (Å²) in [4.78, 5) is 17.2. The fourth-order valence-electron chi connectivity index (χ4n) is 3.41. The molecule has 0 radical (unpaired) electrons. The number of hydrogen-bond donors (Lipinski definition) is 1. The smallest absolute Gasteiger partial charge is 0.230 e. The highest BCUT2D eigenvalue weighted by atomic mass is 35.5. The van der Waals surface area contributed by atoms with Crippen LogP contribution < -0.4 is 14.8 Å². The van der Waals surface area contributed by atoms with Gasteiger partial charge in [-0.25, -0.2) is 4.98 Å². The molecule has 3 aromatic rings. The van der Waals surface area contributed by atoms with Crippen LogP contribution in [0.5, 0.6) is 17.4 Å². The summed E-state index contributed by atoms with van der Waals surface area (Å²) in [5, 5.41) is 3.68. The van der Waals surface area contributed by atoms with E-state index in [9.17, 15) is 4.79 Å². The molecule has 0 aliphatic heterocycles. The highest BCUT2D eigenvalue weighted by molar-refractivity contribution is 6.30. The number of aromatic nitrogens is 1. The van der Waals surface area contributed by atoms with Crippen molar-refractivity contribution in [3.05, 3.63) is 83.0 Å². The first-order chi connectivity index (χ1) is 14.6. The van der Waals surface area contributed by atoms with E-state index < -0.39 is 5.41 Å². The van der Waals surface area contributed by atoms with E-state index in [1.54, 1.807) is 12.3 Å². The zero-order chi connectivity index (χ0) is 21.0. The molecule has 6 heteroatoms. The first-order valence-electron chi connectivity index (χ1n) is 10.00. The molecule has 1 aliphatic rings. The Labute approximate surface area is 181 Å². The van der Waals surface area contributed by atoms with Crippen molar-refractivity contribution in [3.8, 4) is 17.4 Å². The summed E-state index contributed by atoms with van der Waals surface area (Å²) in [6, 6.07) is 18.7. The maximum absolute atomic E-state index is 12.8. The van der Waals surface area contributed by atoms with E-state index in [2.05, 4.69) is 10.3 Å². The molecule has 5 nitrogen and oxygen atoms in total. The number of para-hydroxylation sites is 2. The molecule has 0 bridgehead atoms. The van der Waals surface area contributed by atoms with Gasteiger partial charge < -0.3 is 14.8 Å². The summed E-state index contributed by atoms with van der Waals surface area (Å²) in [6.07, 6.45) is 3.38. The molecular weight excluding hydrogens is 400 g/mol. The largest absolute Gasteiger partial charge is 0.490 e. The fourth-order valence-corrected chi connectivity index (χ4v) is 3.60. The highest BCUT2D eigenvalue weighted by Gasteiger charge is 2.51. The lowest BCUT2D eigenvalue weighted by atomic mass is 9.95. The number of pyridine rings is 1. The van der Waals surface area contributed by atoms with Crippen LogP contribution in [0.3, 0.4) is 0 Å². The van der Waals surface area contributed by atoms with Crippen LogP contribution in [0.25, 0.3) is 0 Å². The van der Waals surface area contributed by atoms with E-state index in [-0.39, 0.29) is 5.91 Å². The maximum atomic E-state index is 12.8. The molecule has 2 aromatic carbocycles. The Morgan fingerprint density at radius 1 is 1.10 bits per heavy atom. The molecule has 0 atom stereocenters. The third-order valence-corrected chi connectivity index (χ3v) is 5.41. The molecule has 30 heavy (non-hydrogen) atoms. The van der Waals surface area contributed by atoms with E-state index in [4.69, 9.17) is 21.1 Å². The fraction of sp³-hybridized carbons (Fsp3) is 0.250. The predicted octanol–water partition coefficient (Wildman–Crippen LogP) is 5.27. The van der Waals surface area contributed by atoms with Gasteiger partial charge in [-0.05, 0) is 55.2 Å². The van der Waals surface area contributed by atoms with Crippen molar-refractivity contribution in [3.63, 3.8) is 0 Å². The molecule has 154 valence electrons. The van der Waals surface area contributed by atoms with Gasteiger partial charge >= 0.3 is 0 Å². The Hall–Kier alpha value is -3.05. The number of nitrogens with one attached hydrogen (secondary N) is 1. The van der Waals surface area contributed by atoms with E-state index in [0.29, 0.717) is 35.6 Å². The van der Waals surface area contributed by atoms with Crippen LogP contribution in [0, 0.1) is 0 Å². The highest BCUT2D eigenvalue weighted by Crippen LogP contribution is 2.48. The minimum Gasteiger partial charge on any atom is -0.490 e. The summed E-state index contributed by atoms with van der Waals surface area (Å²) >= 11 is 6.10. The van der Waals surface area contributed by atoms with Crippen LogP contribution in [0.15, 0.2) is 66.9 Å². The van der Waals surface area contributed by atoms with Crippen molar-refractivity contribution in [2.75, 3.05) is 6.61 Å². The molecule has 1 amide bonds. The van der Waals surface area contributed by atoms with Gasteiger partial charge in [0.1, 0.15) is 0 Å². The summed E-state index contributed by atoms with van der Waals surface area (Å²) in [6.45, 7) is 2.89. The number of benzene rings is 2. The third kappa shape index (κ3) is 4.41. The number of carbonyl (C=O) groups is 1. The molecule has 1 N–H and O–H groups in total. The van der Waals surface area contributed by atoms with Crippen LogP contribution in [-0.4, -0.2) is 17.5 Å². The second-order valence-corrected chi connectivity index (χ2v) is 7.70. The lowest BCUT2D eigenvalue weighted by Crippen LogP contribution is -2.34. The van der Waals surface area contributed by atoms with E-state index in [1.165, 1.54) is 0 Å². The van der Waals surface area contributed by atoms with E-state index in [0.717, 1.165) is 24.0 Å². The normalized spacial score (nSPS) is 14.1. The molecule has 0 spiro atoms. The summed E-state index contributed by atoms with van der Waals surface area (Å²) in [7, 11) is 0. The number of amides is 1. The predicted molar refractivity (Wildman–Crippen MR) is 116 cm³/mol. The summed E-state index contributed by atoms with van der Waals surface area (Å²) in [5.74, 6) is 1.78. The van der Waals surface area contributed by atoms with Gasteiger partial charge in [0.15, 0.2) is 11.5 Å². The van der Waals surface area contributed by atoms with Gasteiger partial charge in [0.05, 0.1) is 12.0 Å². The van der Waals surface area contributed by atoms with Crippen molar-refractivity contribution in [1.82, 2.24) is 10.3 Å². The maximum Gasteiger partial charge on any atom is 0.230 e. The third-order valence-electron chi connectivity index (χ3n) is 5.18. The number of ether oxygens (including phenoxy) is 2. The van der Waals surface area contributed by atoms with Crippen LogP contribution in [0.4, 0.5) is 0 Å². The second-order valence-electron chi connectivity index (χ2n) is 7.26. The summed E-state index contributed by atoms with van der Waals surface area (Å²) in [5.41, 5.74) is 1.42. The Morgan fingerprint density at radius 2 is 1.90 bits per heavy atom. The molecule has 1 fully saturated rings. The number of hydrogen-bond acceptors (Lipinski definition) is 4. The quantitative estimate of drug-likeness (QED) is 0.537. The monoisotopic (exact) mass is 422 g/mol. The van der Waals surface area contributed by atoms with Gasteiger partial charge in [0.25, 0.3) is 0 Å². The SMILES string of the molecule is CCOc1ccccc1Oc1ccc(CNC(=O)C2(c3cccc(Cl)c3)CC2)cn1. The lowest BCUT2D eigenvalue weighted by Gasteiger charge is -2.16. The lowest BCUT2D eigenvalue weighted by molar-refractivity contribution is -0.123. The first kappa shape index (κ1) is 20.2. The number of nitrogens with zero attached hydrogens (tertiary/aromatic N) is 1. The molecule has 1 saturated carbocycles. The molecule has 1 heterocycles. The van der Waals surface area contributed by atoms with Gasteiger partial charge in [0, 0.05) is 23.8 Å². The molecular formula is C24H23ClN2O3. The van der Waals surface area contributed by atoms with E-state index in [1.807, 2.05) is 61.5 Å². The van der Waals surface area contributed by atoms with Crippen molar-refractivity contribution in [1.29, 1.82) is 0 Å². The second kappa shape index (κ2) is 8.76. The Kier molecular flexibility index (Phi) is 5.91. The van der Waals surface area contributed by atoms with Gasteiger partial charge in [-0.15, -0.1) is 0 Å². The summed E-state index contributed by atoms with van der Waals surface area (Å²) < 4.78 is 11.4. The molecule has 1 aliphatic carbocycles. The van der Waals surface area contributed by atoms with Crippen LogP contribution in [0.1, 0.15) is 30.9 Å². The van der Waals surface area contributed by atoms with Crippen molar-refractivity contribution < 1.29 is 14.3 Å². The first-order valence-corrected chi connectivity index (χ1v) is 10.4. The molecule has 1 aromatic heterocycles. The van der Waals surface area contributed by atoms with Gasteiger partial charge in [-0.2, -0.15) is 0 Å². The molecule has 0 saturated heterocycles. The molecule has 4 rings (SSSR count). The zero-order valence-corrected chi connectivity index (χ0v) is 17.5. The number of carbonyl (C=O) groups excluding carboxylic acids is 1. The van der Waals surface area contributed by atoms with Gasteiger partial charge in [-0.1, -0.05) is 41.9 Å². The van der Waals surface area contributed by atoms with Crippen molar-refractivity contribution >= 4 is 17.5 Å². The van der Waals surface area contributed by atoms with E-state index >= 15 is 0 Å². The van der Waals surface area contributed by atoms with Gasteiger partial charge in [0.2, 0.25) is 11.8 Å². The minimum atomic E-state index is -0.454. The zero-order valence-electron chi connectivity index (χ0n) is 16.7. The van der Waals surface area contributed by atoms with Crippen LogP contribution in [0.2, 0.25) is 5.02 Å². The molecule has 0 unspecified atom stereocenters. The Balaban J connectivity index is 1.37. The average Bonchev–Trinajstić information content (AvgIpc) is 3.57. The van der Waals surface area contributed by atoms with Gasteiger partial charge in [-0.3, -0.25) is 4.79 Å². The Morgan fingerprint density at radius 3 is 2.57 bits per heavy atom. The number of halogens is 1. The minimum absolute atomic E-state index is 0.0238. The topological polar surface area (TPSA) is 60.5 Å². The average molecular weight is 423 g/mol. The Bertz CT molecular complexity index is 1030. The standard InChI is InChI=1S/C24H23ClN2O3/c1-2-29-20-8-3-4-9-21(20)30-22-11-10-17(15-26-22)16-27-23(28)24(12-13-24)18-6-5-7-19(25)14-18/h3-11,14-15H,2,12-13,16H2,1H3,(H,27,28). The van der Waals surface area contributed by atoms with Crippen LogP contribution in [-0.2, 0) is 16.8 Å². The van der Waals surface area contributed by atoms with Crippen molar-refractivity contribution in [2.24, 2.45) is 0 Å². The van der Waals surface area contributed by atoms with Crippen molar-refractivity contribution in [2.45, 2.75) is 31.7 Å². The number of rotatable bonds is 8.